The fraction of sp³-hybridized carbons (Fsp3) is 0.933. The highest BCUT2D eigenvalue weighted by molar-refractivity contribution is 5.78. The Kier molecular flexibility index (Phi) is 7.48. The van der Waals surface area contributed by atoms with Gasteiger partial charge in [-0.2, -0.15) is 0 Å². The molecule has 5 heteroatoms. The Morgan fingerprint density at radius 2 is 2.10 bits per heavy atom. The maximum Gasteiger partial charge on any atom is 0.323 e. The molecule has 0 spiro atoms. The lowest BCUT2D eigenvalue weighted by molar-refractivity contribution is -0.144. The zero-order valence-corrected chi connectivity index (χ0v) is 13.2. The van der Waals surface area contributed by atoms with E-state index in [4.69, 9.17) is 4.74 Å². The first kappa shape index (κ1) is 17.4. The van der Waals surface area contributed by atoms with Crippen molar-refractivity contribution in [1.82, 2.24) is 10.2 Å². The topological polar surface area (TPSA) is 61.8 Å². The van der Waals surface area contributed by atoms with E-state index < -0.39 is 11.5 Å². The first-order chi connectivity index (χ1) is 9.51. The fourth-order valence-corrected chi connectivity index (χ4v) is 2.38. The van der Waals surface area contributed by atoms with Crippen LogP contribution in [0, 0.1) is 0 Å². The molecule has 1 fully saturated rings. The Labute approximate surface area is 122 Å². The van der Waals surface area contributed by atoms with Gasteiger partial charge in [0.2, 0.25) is 0 Å². The van der Waals surface area contributed by atoms with Crippen LogP contribution in [0.15, 0.2) is 0 Å². The van der Waals surface area contributed by atoms with Crippen LogP contribution in [-0.4, -0.2) is 60.9 Å². The van der Waals surface area contributed by atoms with E-state index in [0.717, 1.165) is 51.9 Å². The van der Waals surface area contributed by atoms with E-state index in [9.17, 15) is 9.90 Å². The largest absolute Gasteiger partial charge is 0.480 e. The average Bonchev–Trinajstić information content (AvgIpc) is 3.21. The number of ether oxygens (including phenoxy) is 1. The van der Waals surface area contributed by atoms with E-state index in [-0.39, 0.29) is 0 Å². The van der Waals surface area contributed by atoms with Gasteiger partial charge in [0.15, 0.2) is 0 Å². The van der Waals surface area contributed by atoms with Gasteiger partial charge in [0.1, 0.15) is 5.54 Å². The first-order valence-corrected chi connectivity index (χ1v) is 7.74. The number of carboxylic acids is 1. The number of hydrogen-bond acceptors (Lipinski definition) is 4. The van der Waals surface area contributed by atoms with E-state index in [0.29, 0.717) is 12.5 Å². The third kappa shape index (κ3) is 6.20. The van der Waals surface area contributed by atoms with Gasteiger partial charge >= 0.3 is 5.97 Å². The molecule has 1 unspecified atom stereocenters. The molecule has 1 aliphatic rings. The Balaban J connectivity index is 2.24. The standard InChI is InChI=1S/C15H30N2O3/c1-4-17(11-12-20-3)10-6-5-9-15(2,14(18)19)16-13-7-8-13/h13,16H,4-12H2,1-3H3,(H,18,19). The minimum atomic E-state index is -0.759. The number of nitrogens with one attached hydrogen (secondary N) is 1. The molecule has 0 aliphatic heterocycles. The third-order valence-corrected chi connectivity index (χ3v) is 4.03. The number of carbonyl (C=O) groups is 1. The smallest absolute Gasteiger partial charge is 0.323 e. The van der Waals surface area contributed by atoms with Crippen molar-refractivity contribution in [3.05, 3.63) is 0 Å². The summed E-state index contributed by atoms with van der Waals surface area (Å²) < 4.78 is 5.09. The van der Waals surface area contributed by atoms with Gasteiger partial charge in [-0.05, 0) is 52.1 Å². The van der Waals surface area contributed by atoms with Gasteiger partial charge in [0.25, 0.3) is 0 Å². The second-order valence-corrected chi connectivity index (χ2v) is 5.94. The molecule has 1 aliphatic carbocycles. The molecule has 118 valence electrons. The van der Waals surface area contributed by atoms with Crippen LogP contribution in [0.4, 0.5) is 0 Å². The molecule has 0 saturated heterocycles. The number of methoxy groups -OCH3 is 1. The van der Waals surface area contributed by atoms with Crippen LogP contribution < -0.4 is 5.32 Å². The molecule has 0 heterocycles. The molecule has 0 bridgehead atoms. The van der Waals surface area contributed by atoms with Crippen LogP contribution in [0.2, 0.25) is 0 Å². The van der Waals surface area contributed by atoms with E-state index >= 15 is 0 Å². The predicted octanol–water partition coefficient (Wildman–Crippen LogP) is 1.72. The number of aliphatic carboxylic acids is 1. The lowest BCUT2D eigenvalue weighted by Crippen LogP contribution is -2.50. The Morgan fingerprint density at radius 1 is 1.40 bits per heavy atom. The van der Waals surface area contributed by atoms with Crippen LogP contribution in [0.25, 0.3) is 0 Å². The van der Waals surface area contributed by atoms with E-state index in [1.807, 2.05) is 6.92 Å². The first-order valence-electron chi connectivity index (χ1n) is 7.74. The fourth-order valence-electron chi connectivity index (χ4n) is 2.38. The molecule has 20 heavy (non-hydrogen) atoms. The number of likely N-dealkylation sites (N-methyl/N-ethyl adjacent to an activating group) is 1. The monoisotopic (exact) mass is 286 g/mol. The van der Waals surface area contributed by atoms with E-state index in [2.05, 4.69) is 17.1 Å². The molecule has 0 aromatic rings. The van der Waals surface area contributed by atoms with Crippen molar-refractivity contribution in [3.63, 3.8) is 0 Å². The SMILES string of the molecule is CCN(CCCCC(C)(NC1CC1)C(=O)O)CCOC. The van der Waals surface area contributed by atoms with Gasteiger partial charge in [-0.15, -0.1) is 0 Å². The zero-order valence-electron chi connectivity index (χ0n) is 13.2. The van der Waals surface area contributed by atoms with E-state index in [1.165, 1.54) is 0 Å². The summed E-state index contributed by atoms with van der Waals surface area (Å²) in [7, 11) is 1.72. The summed E-state index contributed by atoms with van der Waals surface area (Å²) in [6.07, 6.45) is 4.90. The summed E-state index contributed by atoms with van der Waals surface area (Å²) in [4.78, 5) is 13.8. The highest BCUT2D eigenvalue weighted by Crippen LogP contribution is 2.25. The minimum Gasteiger partial charge on any atom is -0.480 e. The van der Waals surface area contributed by atoms with Gasteiger partial charge in [0, 0.05) is 19.7 Å². The molecule has 0 radical (unpaired) electrons. The van der Waals surface area contributed by atoms with Gasteiger partial charge < -0.3 is 14.7 Å². The highest BCUT2D eigenvalue weighted by atomic mass is 16.5. The van der Waals surface area contributed by atoms with Crippen LogP contribution in [-0.2, 0) is 9.53 Å². The normalized spacial score (nSPS) is 18.2. The predicted molar refractivity (Wildman–Crippen MR) is 80.0 cm³/mol. The molecule has 0 amide bonds. The number of rotatable bonds is 12. The van der Waals surface area contributed by atoms with Crippen LogP contribution >= 0.6 is 0 Å². The zero-order chi connectivity index (χ0) is 15.0. The Morgan fingerprint density at radius 3 is 2.60 bits per heavy atom. The van der Waals surface area contributed by atoms with Crippen molar-refractivity contribution in [2.24, 2.45) is 0 Å². The quantitative estimate of drug-likeness (QED) is 0.535. The van der Waals surface area contributed by atoms with Gasteiger partial charge in [0.05, 0.1) is 6.61 Å². The van der Waals surface area contributed by atoms with Gasteiger partial charge in [-0.1, -0.05) is 6.92 Å². The number of nitrogens with zero attached hydrogens (tertiary/aromatic N) is 1. The summed E-state index contributed by atoms with van der Waals surface area (Å²) in [5.41, 5.74) is -0.759. The maximum absolute atomic E-state index is 11.4. The number of hydrogen-bond donors (Lipinski definition) is 2. The summed E-state index contributed by atoms with van der Waals surface area (Å²) in [6.45, 7) is 7.69. The van der Waals surface area contributed by atoms with Crippen LogP contribution in [0.1, 0.15) is 46.0 Å². The molecule has 2 N–H and O–H groups in total. The van der Waals surface area contributed by atoms with Crippen molar-refractivity contribution in [2.45, 2.75) is 57.5 Å². The van der Waals surface area contributed by atoms with Crippen molar-refractivity contribution in [3.8, 4) is 0 Å². The summed E-state index contributed by atoms with van der Waals surface area (Å²) >= 11 is 0. The molecule has 1 atom stereocenters. The minimum absolute atomic E-state index is 0.421. The van der Waals surface area contributed by atoms with Crippen molar-refractivity contribution in [2.75, 3.05) is 33.4 Å². The molecule has 0 aromatic carbocycles. The summed E-state index contributed by atoms with van der Waals surface area (Å²) in [5.74, 6) is -0.726. The molecule has 1 rings (SSSR count). The molecule has 1 saturated carbocycles. The molecule has 5 nitrogen and oxygen atoms in total. The second kappa shape index (κ2) is 8.60. The Hall–Kier alpha value is -0.650. The Bertz CT molecular complexity index is 295. The number of carboxylic acid groups (broad SMARTS) is 1. The lowest BCUT2D eigenvalue weighted by Gasteiger charge is -2.27. The second-order valence-electron chi connectivity index (χ2n) is 5.94. The van der Waals surface area contributed by atoms with Crippen molar-refractivity contribution >= 4 is 5.97 Å². The van der Waals surface area contributed by atoms with E-state index in [1.54, 1.807) is 7.11 Å². The van der Waals surface area contributed by atoms with Crippen molar-refractivity contribution in [1.29, 1.82) is 0 Å². The van der Waals surface area contributed by atoms with Crippen LogP contribution in [0.3, 0.4) is 0 Å². The van der Waals surface area contributed by atoms with Crippen molar-refractivity contribution < 1.29 is 14.6 Å². The van der Waals surface area contributed by atoms with Gasteiger partial charge in [-0.25, -0.2) is 0 Å². The number of unbranched alkanes of at least 4 members (excludes halogenated alkanes) is 1. The molecular weight excluding hydrogens is 256 g/mol. The maximum atomic E-state index is 11.4. The average molecular weight is 286 g/mol. The van der Waals surface area contributed by atoms with Crippen LogP contribution in [0.5, 0.6) is 0 Å². The third-order valence-electron chi connectivity index (χ3n) is 4.03. The highest BCUT2D eigenvalue weighted by Gasteiger charge is 2.37. The van der Waals surface area contributed by atoms with Gasteiger partial charge in [-0.3, -0.25) is 10.1 Å². The summed E-state index contributed by atoms with van der Waals surface area (Å²) in [6, 6.07) is 0.421. The molecule has 0 aromatic heterocycles. The molecular formula is C15H30N2O3. The lowest BCUT2D eigenvalue weighted by atomic mass is 9.94. The summed E-state index contributed by atoms with van der Waals surface area (Å²) in [5, 5.41) is 12.7.